The van der Waals surface area contributed by atoms with Crippen LogP contribution in [0.3, 0.4) is 0 Å². The lowest BCUT2D eigenvalue weighted by Gasteiger charge is -2.05. The van der Waals surface area contributed by atoms with Gasteiger partial charge in [-0.15, -0.1) is 0 Å². The summed E-state index contributed by atoms with van der Waals surface area (Å²) >= 11 is 0. The molecule has 0 bridgehead atoms. The quantitative estimate of drug-likeness (QED) is 0.495. The Morgan fingerprint density at radius 2 is 1.50 bits per heavy atom. The third kappa shape index (κ3) is 3.07. The van der Waals surface area contributed by atoms with Gasteiger partial charge in [0.15, 0.2) is 5.78 Å². The minimum atomic E-state index is -0.185. The Bertz CT molecular complexity index is 1140. The number of fused-ring (bicyclic) bond motifs is 1. The van der Waals surface area contributed by atoms with Crippen LogP contribution in [0, 0.1) is 0 Å². The molecule has 0 fully saturated rings. The van der Waals surface area contributed by atoms with Crippen LogP contribution in [0.5, 0.6) is 17.2 Å². The summed E-state index contributed by atoms with van der Waals surface area (Å²) in [4.78, 5) is 13.3. The van der Waals surface area contributed by atoms with E-state index in [-0.39, 0.29) is 11.5 Å². The van der Waals surface area contributed by atoms with Crippen molar-refractivity contribution in [2.75, 3.05) is 14.2 Å². The van der Waals surface area contributed by atoms with Gasteiger partial charge in [-0.25, -0.2) is 0 Å². The van der Waals surface area contributed by atoms with Gasteiger partial charge in [-0.3, -0.25) is 4.79 Å². The second kappa shape index (κ2) is 7.12. The van der Waals surface area contributed by atoms with Crippen molar-refractivity contribution in [1.82, 2.24) is 0 Å². The third-order valence-corrected chi connectivity index (χ3v) is 4.61. The van der Waals surface area contributed by atoms with Crippen LogP contribution in [-0.4, -0.2) is 25.1 Å². The molecule has 5 nitrogen and oxygen atoms in total. The number of aromatic hydroxyl groups is 1. The van der Waals surface area contributed by atoms with E-state index in [1.807, 2.05) is 30.3 Å². The molecule has 0 aliphatic heterocycles. The van der Waals surface area contributed by atoms with E-state index in [0.29, 0.717) is 39.4 Å². The predicted octanol–water partition coefficient (Wildman–Crippen LogP) is 5.05. The second-order valence-electron chi connectivity index (χ2n) is 6.27. The van der Waals surface area contributed by atoms with Crippen LogP contribution in [-0.2, 0) is 0 Å². The molecular formula is C23H18O5. The van der Waals surface area contributed by atoms with E-state index >= 15 is 0 Å². The number of ether oxygens (including phenoxy) is 2. The molecule has 0 radical (unpaired) electrons. The molecule has 0 saturated heterocycles. The van der Waals surface area contributed by atoms with E-state index in [1.165, 1.54) is 12.1 Å². The van der Waals surface area contributed by atoms with Crippen molar-refractivity contribution in [1.29, 1.82) is 0 Å². The standard InChI is InChI=1S/C23H18O5/c1-26-17-9-5-15(6-10-17)23-21(22(25)14-3-7-16(24)8-4-14)19-12-11-18(27-2)13-20(19)28-23/h3-13,24H,1-2H3. The van der Waals surface area contributed by atoms with Gasteiger partial charge in [0.05, 0.1) is 19.8 Å². The molecule has 1 heterocycles. The van der Waals surface area contributed by atoms with Crippen LogP contribution in [0.1, 0.15) is 15.9 Å². The van der Waals surface area contributed by atoms with E-state index in [0.717, 1.165) is 5.56 Å². The molecule has 0 atom stereocenters. The lowest BCUT2D eigenvalue weighted by Crippen LogP contribution is -2.02. The van der Waals surface area contributed by atoms with E-state index in [2.05, 4.69) is 0 Å². The van der Waals surface area contributed by atoms with Crippen molar-refractivity contribution < 1.29 is 23.8 Å². The number of benzene rings is 3. The van der Waals surface area contributed by atoms with Crippen molar-refractivity contribution in [2.45, 2.75) is 0 Å². The fourth-order valence-corrected chi connectivity index (χ4v) is 3.13. The fraction of sp³-hybridized carbons (Fsp3) is 0.0870. The molecule has 28 heavy (non-hydrogen) atoms. The zero-order valence-electron chi connectivity index (χ0n) is 15.4. The molecule has 0 amide bonds. The smallest absolute Gasteiger partial charge is 0.197 e. The van der Waals surface area contributed by atoms with Gasteiger partial charge in [0, 0.05) is 22.6 Å². The van der Waals surface area contributed by atoms with Gasteiger partial charge in [-0.05, 0) is 60.7 Å². The lowest BCUT2D eigenvalue weighted by molar-refractivity contribution is 0.104. The first-order valence-corrected chi connectivity index (χ1v) is 8.69. The molecule has 1 aromatic heterocycles. The second-order valence-corrected chi connectivity index (χ2v) is 6.27. The van der Waals surface area contributed by atoms with Crippen molar-refractivity contribution in [2.24, 2.45) is 0 Å². The maximum atomic E-state index is 13.3. The van der Waals surface area contributed by atoms with Crippen LogP contribution in [0.15, 0.2) is 71.1 Å². The van der Waals surface area contributed by atoms with Gasteiger partial charge >= 0.3 is 0 Å². The summed E-state index contributed by atoms with van der Waals surface area (Å²) in [5.74, 6) is 1.76. The first-order chi connectivity index (χ1) is 13.6. The number of hydrogen-bond donors (Lipinski definition) is 1. The molecule has 4 aromatic rings. The number of ketones is 1. The Kier molecular flexibility index (Phi) is 4.49. The average molecular weight is 374 g/mol. The summed E-state index contributed by atoms with van der Waals surface area (Å²) in [7, 11) is 3.18. The summed E-state index contributed by atoms with van der Waals surface area (Å²) in [5, 5.41) is 10.2. The van der Waals surface area contributed by atoms with E-state index < -0.39 is 0 Å². The van der Waals surface area contributed by atoms with Gasteiger partial charge in [-0.2, -0.15) is 0 Å². The molecule has 0 aliphatic rings. The molecule has 5 heteroatoms. The van der Waals surface area contributed by atoms with Crippen molar-refractivity contribution in [3.05, 3.63) is 77.9 Å². The van der Waals surface area contributed by atoms with Gasteiger partial charge in [0.1, 0.15) is 28.6 Å². The largest absolute Gasteiger partial charge is 0.508 e. The zero-order valence-corrected chi connectivity index (χ0v) is 15.4. The maximum Gasteiger partial charge on any atom is 0.197 e. The fourth-order valence-electron chi connectivity index (χ4n) is 3.13. The first kappa shape index (κ1) is 17.7. The molecule has 140 valence electrons. The van der Waals surface area contributed by atoms with Crippen LogP contribution >= 0.6 is 0 Å². The number of rotatable bonds is 5. The number of phenolic OH excluding ortho intramolecular Hbond substituents is 1. The number of phenols is 1. The van der Waals surface area contributed by atoms with E-state index in [1.54, 1.807) is 38.5 Å². The van der Waals surface area contributed by atoms with Crippen molar-refractivity contribution in [3.8, 4) is 28.6 Å². The average Bonchev–Trinajstić information content (AvgIpc) is 3.12. The highest BCUT2D eigenvalue weighted by molar-refractivity contribution is 6.19. The normalized spacial score (nSPS) is 10.8. The van der Waals surface area contributed by atoms with Crippen LogP contribution in [0.2, 0.25) is 0 Å². The Morgan fingerprint density at radius 3 is 2.14 bits per heavy atom. The van der Waals surface area contributed by atoms with E-state index in [4.69, 9.17) is 13.9 Å². The molecule has 3 aromatic carbocycles. The monoisotopic (exact) mass is 374 g/mol. The minimum absolute atomic E-state index is 0.105. The Labute approximate surface area is 161 Å². The molecular weight excluding hydrogens is 356 g/mol. The topological polar surface area (TPSA) is 68.9 Å². The predicted molar refractivity (Wildman–Crippen MR) is 106 cm³/mol. The Morgan fingerprint density at radius 1 is 0.857 bits per heavy atom. The molecule has 0 spiro atoms. The maximum absolute atomic E-state index is 13.3. The van der Waals surface area contributed by atoms with Gasteiger partial charge < -0.3 is 19.0 Å². The summed E-state index contributed by atoms with van der Waals surface area (Å²) in [5.41, 5.74) is 2.25. The highest BCUT2D eigenvalue weighted by Crippen LogP contribution is 2.37. The number of carbonyl (C=O) groups is 1. The van der Waals surface area contributed by atoms with Gasteiger partial charge in [0.2, 0.25) is 0 Å². The molecule has 0 aliphatic carbocycles. The Balaban J connectivity index is 1.92. The summed E-state index contributed by atoms with van der Waals surface area (Å²) in [6.45, 7) is 0. The molecule has 4 rings (SSSR count). The third-order valence-electron chi connectivity index (χ3n) is 4.61. The van der Waals surface area contributed by atoms with Gasteiger partial charge in [0.25, 0.3) is 0 Å². The highest BCUT2D eigenvalue weighted by Gasteiger charge is 2.23. The van der Waals surface area contributed by atoms with Crippen LogP contribution in [0.25, 0.3) is 22.3 Å². The SMILES string of the molecule is COc1ccc(-c2oc3cc(OC)ccc3c2C(=O)c2ccc(O)cc2)cc1. The Hall–Kier alpha value is -3.73. The van der Waals surface area contributed by atoms with Crippen molar-refractivity contribution >= 4 is 16.8 Å². The molecule has 0 unspecified atom stereocenters. The number of carbonyl (C=O) groups excluding carboxylic acids is 1. The molecule has 1 N–H and O–H groups in total. The van der Waals surface area contributed by atoms with Crippen LogP contribution in [0.4, 0.5) is 0 Å². The van der Waals surface area contributed by atoms with Crippen molar-refractivity contribution in [3.63, 3.8) is 0 Å². The zero-order chi connectivity index (χ0) is 19.7. The summed E-state index contributed by atoms with van der Waals surface area (Å²) < 4.78 is 16.6. The summed E-state index contributed by atoms with van der Waals surface area (Å²) in [6.07, 6.45) is 0. The highest BCUT2D eigenvalue weighted by atomic mass is 16.5. The number of furan rings is 1. The van der Waals surface area contributed by atoms with Gasteiger partial charge in [-0.1, -0.05) is 0 Å². The number of hydrogen-bond acceptors (Lipinski definition) is 5. The first-order valence-electron chi connectivity index (χ1n) is 8.69. The minimum Gasteiger partial charge on any atom is -0.508 e. The van der Waals surface area contributed by atoms with Crippen LogP contribution < -0.4 is 9.47 Å². The number of methoxy groups -OCH3 is 2. The lowest BCUT2D eigenvalue weighted by atomic mass is 9.97. The van der Waals surface area contributed by atoms with E-state index in [9.17, 15) is 9.90 Å². The summed E-state index contributed by atoms with van der Waals surface area (Å²) in [6, 6.07) is 18.9. The molecule has 0 saturated carbocycles.